The molecule has 0 fully saturated rings. The molecular weight excluding hydrogens is 546 g/mol. The predicted octanol–water partition coefficient (Wildman–Crippen LogP) is 4.81. The van der Waals surface area contributed by atoms with Crippen molar-refractivity contribution in [3.05, 3.63) is 66.4 Å². The number of hydrogen-bond donors (Lipinski definition) is 2. The lowest BCUT2D eigenvalue weighted by molar-refractivity contribution is -0.114. The van der Waals surface area contributed by atoms with Crippen molar-refractivity contribution >= 4 is 38.8 Å². The van der Waals surface area contributed by atoms with E-state index in [9.17, 15) is 13.2 Å². The molecule has 1 amide bonds. The lowest BCUT2D eigenvalue weighted by Crippen LogP contribution is -2.39. The summed E-state index contributed by atoms with van der Waals surface area (Å²) in [6.45, 7) is 13.0. The summed E-state index contributed by atoms with van der Waals surface area (Å²) in [4.78, 5) is 32.6. The van der Waals surface area contributed by atoms with Gasteiger partial charge in [-0.15, -0.1) is 0 Å². The maximum Gasteiger partial charge on any atom is 0.257 e. The smallest absolute Gasteiger partial charge is 0.257 e. The minimum atomic E-state index is -3.74. The van der Waals surface area contributed by atoms with Gasteiger partial charge in [-0.1, -0.05) is 0 Å². The Morgan fingerprint density at radius 1 is 1.07 bits per heavy atom. The van der Waals surface area contributed by atoms with E-state index in [0.29, 0.717) is 52.0 Å². The molecule has 1 aliphatic rings. The van der Waals surface area contributed by atoms with E-state index >= 15 is 0 Å². The van der Waals surface area contributed by atoms with Gasteiger partial charge in [0.2, 0.25) is 5.91 Å². The Labute approximate surface area is 236 Å². The van der Waals surface area contributed by atoms with Crippen LogP contribution < -0.4 is 20.1 Å². The number of ether oxygens (including phenoxy) is 2. The molecule has 5 rings (SSSR count). The van der Waals surface area contributed by atoms with Crippen molar-refractivity contribution in [2.45, 2.75) is 31.4 Å². The highest BCUT2D eigenvalue weighted by atomic mass is 32.2. The van der Waals surface area contributed by atoms with Crippen LogP contribution in [0.5, 0.6) is 11.6 Å². The van der Waals surface area contributed by atoms with Crippen LogP contribution in [0.15, 0.2) is 60.0 Å². The first-order valence-corrected chi connectivity index (χ1v) is 14.2. The first-order valence-electron chi connectivity index (χ1n) is 12.3. The Kier molecular flexibility index (Phi) is 7.02. The zero-order chi connectivity index (χ0) is 29.4. The van der Waals surface area contributed by atoms with Crippen LogP contribution in [0.3, 0.4) is 0 Å². The number of anilines is 3. The minimum absolute atomic E-state index is 0.170. The third-order valence-electron chi connectivity index (χ3n) is 5.93. The number of hydrogen-bond acceptors (Lipinski definition) is 10. The summed E-state index contributed by atoms with van der Waals surface area (Å²) in [5.74, 6) is 0.926. The third kappa shape index (κ3) is 6.07. The number of sulfone groups is 1. The molecule has 12 nitrogen and oxygen atoms in total. The van der Waals surface area contributed by atoms with Crippen LogP contribution in [-0.2, 0) is 14.6 Å². The number of amides is 1. The molecule has 1 aliphatic heterocycles. The van der Waals surface area contributed by atoms with Crippen LogP contribution in [-0.4, -0.2) is 52.7 Å². The third-order valence-corrected chi connectivity index (χ3v) is 6.90. The average Bonchev–Trinajstić information content (AvgIpc) is 2.91. The molecular formula is C28H25N7O5S. The fourth-order valence-corrected chi connectivity index (χ4v) is 4.70. The number of carbonyl (C=O) groups is 1. The maximum absolute atomic E-state index is 12.6. The standard InChI is InChI=1S/C28H25N7O5S/c1-16(36)32-24-12-22(19(14-31-24)21-6-7-23-27(34-21)39-15-28(2,3)40-23)33-25-10-17(11-26(35-25)41(5,37)38)18-13-30-9-8-20(18)29-4/h6-14H,15H2,1-3,5H3,(H2,31,32,33,35,36). The van der Waals surface area contributed by atoms with Crippen molar-refractivity contribution in [1.29, 1.82) is 0 Å². The van der Waals surface area contributed by atoms with E-state index in [1.54, 1.807) is 30.3 Å². The van der Waals surface area contributed by atoms with Gasteiger partial charge >= 0.3 is 0 Å². The SMILES string of the molecule is [C-]#[N+]c1ccncc1-c1cc(Nc2cc(NC(C)=O)ncc2-c2ccc3c(n2)OCC(C)(C)O3)nc(S(C)(=O)=O)c1. The van der Waals surface area contributed by atoms with Crippen molar-refractivity contribution in [1.82, 2.24) is 19.9 Å². The molecule has 4 aromatic rings. The summed E-state index contributed by atoms with van der Waals surface area (Å²) >= 11 is 0. The molecule has 0 saturated heterocycles. The van der Waals surface area contributed by atoms with Gasteiger partial charge in [0.1, 0.15) is 23.8 Å². The van der Waals surface area contributed by atoms with Gasteiger partial charge in [0.05, 0.1) is 18.0 Å². The van der Waals surface area contributed by atoms with E-state index in [0.717, 1.165) is 6.26 Å². The Hall–Kier alpha value is -5.09. The Morgan fingerprint density at radius 3 is 2.61 bits per heavy atom. The second-order valence-electron chi connectivity index (χ2n) is 9.93. The van der Waals surface area contributed by atoms with E-state index < -0.39 is 15.4 Å². The quantitative estimate of drug-likeness (QED) is 0.309. The Balaban J connectivity index is 1.63. The molecule has 0 atom stereocenters. The number of nitrogens with zero attached hydrogens (tertiary/aromatic N) is 5. The molecule has 13 heteroatoms. The topological polar surface area (TPSA) is 150 Å². The number of nitrogens with one attached hydrogen (secondary N) is 2. The zero-order valence-electron chi connectivity index (χ0n) is 22.6. The molecule has 4 aromatic heterocycles. The average molecular weight is 572 g/mol. The van der Waals surface area contributed by atoms with Gasteiger partial charge in [-0.3, -0.25) is 9.78 Å². The summed E-state index contributed by atoms with van der Waals surface area (Å²) in [6.07, 6.45) is 5.55. The molecule has 2 N–H and O–H groups in total. The van der Waals surface area contributed by atoms with Crippen LogP contribution >= 0.6 is 0 Å². The molecule has 0 saturated carbocycles. The Morgan fingerprint density at radius 2 is 1.88 bits per heavy atom. The van der Waals surface area contributed by atoms with Crippen molar-refractivity contribution in [2.75, 3.05) is 23.5 Å². The lowest BCUT2D eigenvalue weighted by Gasteiger charge is -2.31. The van der Waals surface area contributed by atoms with Crippen LogP contribution in [0.25, 0.3) is 27.2 Å². The second-order valence-corrected chi connectivity index (χ2v) is 11.9. The molecule has 208 valence electrons. The van der Waals surface area contributed by atoms with Crippen molar-refractivity contribution in [3.8, 4) is 34.0 Å². The summed E-state index contributed by atoms with van der Waals surface area (Å²) < 4.78 is 36.9. The summed E-state index contributed by atoms with van der Waals surface area (Å²) in [5.41, 5.74) is 2.11. The normalized spacial score (nSPS) is 13.6. The van der Waals surface area contributed by atoms with E-state index in [4.69, 9.17) is 16.0 Å². The molecule has 0 aromatic carbocycles. The zero-order valence-corrected chi connectivity index (χ0v) is 23.4. The highest BCUT2D eigenvalue weighted by molar-refractivity contribution is 7.90. The van der Waals surface area contributed by atoms with Crippen LogP contribution in [0.2, 0.25) is 0 Å². The molecule has 0 bridgehead atoms. The van der Waals surface area contributed by atoms with Crippen molar-refractivity contribution in [2.24, 2.45) is 0 Å². The van der Waals surface area contributed by atoms with Gasteiger partial charge in [-0.2, -0.15) is 0 Å². The van der Waals surface area contributed by atoms with E-state index in [2.05, 4.69) is 35.4 Å². The van der Waals surface area contributed by atoms with Gasteiger partial charge in [-0.05, 0) is 49.7 Å². The van der Waals surface area contributed by atoms with Crippen LogP contribution in [0.1, 0.15) is 20.8 Å². The lowest BCUT2D eigenvalue weighted by atomic mass is 10.1. The number of rotatable bonds is 6. The summed E-state index contributed by atoms with van der Waals surface area (Å²) in [6, 6.07) is 9.63. The number of carbonyl (C=O) groups excluding carboxylic acids is 1. The molecule has 0 unspecified atom stereocenters. The predicted molar refractivity (Wildman–Crippen MR) is 152 cm³/mol. The maximum atomic E-state index is 12.6. The Bertz CT molecular complexity index is 1830. The van der Waals surface area contributed by atoms with Crippen LogP contribution in [0.4, 0.5) is 23.0 Å². The minimum Gasteiger partial charge on any atom is -0.479 e. The molecule has 41 heavy (non-hydrogen) atoms. The number of fused-ring (bicyclic) bond motifs is 1. The van der Waals surface area contributed by atoms with Gasteiger partial charge < -0.3 is 20.1 Å². The highest BCUT2D eigenvalue weighted by Crippen LogP contribution is 2.39. The van der Waals surface area contributed by atoms with E-state index in [-0.39, 0.29) is 22.6 Å². The van der Waals surface area contributed by atoms with E-state index in [1.165, 1.54) is 31.6 Å². The molecule has 0 aliphatic carbocycles. The first-order chi connectivity index (χ1) is 19.4. The van der Waals surface area contributed by atoms with Gasteiger partial charge in [0, 0.05) is 49.0 Å². The first kappa shape index (κ1) is 27.5. The fraction of sp³-hybridized carbons (Fsp3) is 0.214. The van der Waals surface area contributed by atoms with Gasteiger partial charge in [0.25, 0.3) is 5.88 Å². The van der Waals surface area contributed by atoms with Crippen molar-refractivity contribution in [3.63, 3.8) is 0 Å². The second kappa shape index (κ2) is 10.5. The number of pyridine rings is 4. The largest absolute Gasteiger partial charge is 0.479 e. The van der Waals surface area contributed by atoms with Crippen LogP contribution in [0, 0.1) is 6.57 Å². The van der Waals surface area contributed by atoms with Gasteiger partial charge in [0.15, 0.2) is 26.3 Å². The molecule has 0 radical (unpaired) electrons. The monoisotopic (exact) mass is 571 g/mol. The van der Waals surface area contributed by atoms with Gasteiger partial charge in [-0.25, -0.2) is 28.2 Å². The van der Waals surface area contributed by atoms with E-state index in [1.807, 2.05) is 13.8 Å². The molecule has 0 spiro atoms. The van der Waals surface area contributed by atoms with Crippen molar-refractivity contribution < 1.29 is 22.7 Å². The summed E-state index contributed by atoms with van der Waals surface area (Å²) in [7, 11) is -3.74. The molecule has 5 heterocycles. The highest BCUT2D eigenvalue weighted by Gasteiger charge is 2.29. The number of aromatic nitrogens is 4. The summed E-state index contributed by atoms with van der Waals surface area (Å²) in [5, 5.41) is 5.61. The fourth-order valence-electron chi connectivity index (χ4n) is 4.10.